The molecule has 1 aromatic carbocycles. The summed E-state index contributed by atoms with van der Waals surface area (Å²) in [4.78, 5) is 46.4. The number of carboxylic acids is 1. The van der Waals surface area contributed by atoms with Crippen molar-refractivity contribution in [3.63, 3.8) is 0 Å². The Balaban J connectivity index is 2.25. The molecule has 8 heteroatoms. The summed E-state index contributed by atoms with van der Waals surface area (Å²) in [6.45, 7) is 1.34. The number of hydrogen-bond donors (Lipinski definition) is 3. The van der Waals surface area contributed by atoms with Gasteiger partial charge in [0.15, 0.2) is 0 Å². The number of urea groups is 1. The van der Waals surface area contributed by atoms with E-state index in [-0.39, 0.29) is 11.6 Å². The SMILES string of the molecule is CC(=O)Nc1cccc(N2C(=O)N[C@@H](CC(=O)O)C2=O)c1. The lowest BCUT2D eigenvalue weighted by Crippen LogP contribution is -2.32. The summed E-state index contributed by atoms with van der Waals surface area (Å²) in [5.74, 6) is -2.10. The van der Waals surface area contributed by atoms with E-state index in [1.54, 1.807) is 12.1 Å². The van der Waals surface area contributed by atoms with Crippen molar-refractivity contribution in [3.8, 4) is 0 Å². The zero-order chi connectivity index (χ0) is 15.6. The molecule has 21 heavy (non-hydrogen) atoms. The molecule has 1 aliphatic rings. The second-order valence-electron chi connectivity index (χ2n) is 4.51. The lowest BCUT2D eigenvalue weighted by molar-refractivity contribution is -0.139. The molecule has 1 fully saturated rings. The van der Waals surface area contributed by atoms with Crippen LogP contribution in [-0.2, 0) is 14.4 Å². The quantitative estimate of drug-likeness (QED) is 0.700. The fraction of sp³-hybridized carbons (Fsp3) is 0.231. The van der Waals surface area contributed by atoms with Gasteiger partial charge in [0.1, 0.15) is 6.04 Å². The first-order valence-electron chi connectivity index (χ1n) is 6.12. The molecule has 1 saturated heterocycles. The van der Waals surface area contributed by atoms with Crippen LogP contribution in [0.3, 0.4) is 0 Å². The molecule has 0 spiro atoms. The van der Waals surface area contributed by atoms with E-state index in [0.717, 1.165) is 4.90 Å². The van der Waals surface area contributed by atoms with E-state index >= 15 is 0 Å². The van der Waals surface area contributed by atoms with Crippen LogP contribution < -0.4 is 15.5 Å². The lowest BCUT2D eigenvalue weighted by atomic mass is 10.2. The van der Waals surface area contributed by atoms with Crippen LogP contribution in [0.5, 0.6) is 0 Å². The van der Waals surface area contributed by atoms with Crippen LogP contribution in [0.4, 0.5) is 16.2 Å². The standard InChI is InChI=1S/C13H13N3O5/c1-7(17)14-8-3-2-4-9(5-8)16-12(20)10(6-11(18)19)15-13(16)21/h2-5,10H,6H2,1H3,(H,14,17)(H,15,21)(H,18,19)/t10-/m0/s1. The largest absolute Gasteiger partial charge is 0.481 e. The van der Waals surface area contributed by atoms with Gasteiger partial charge in [-0.1, -0.05) is 6.07 Å². The van der Waals surface area contributed by atoms with E-state index in [1.165, 1.54) is 19.1 Å². The molecule has 0 bridgehead atoms. The average molecular weight is 291 g/mol. The molecular weight excluding hydrogens is 278 g/mol. The van der Waals surface area contributed by atoms with Gasteiger partial charge in [0.25, 0.3) is 5.91 Å². The average Bonchev–Trinajstić information content (AvgIpc) is 2.63. The Morgan fingerprint density at radius 2 is 2.10 bits per heavy atom. The molecule has 8 nitrogen and oxygen atoms in total. The molecule has 110 valence electrons. The van der Waals surface area contributed by atoms with E-state index < -0.39 is 30.4 Å². The fourth-order valence-corrected chi connectivity index (χ4v) is 2.01. The Morgan fingerprint density at radius 3 is 2.71 bits per heavy atom. The zero-order valence-corrected chi connectivity index (χ0v) is 11.1. The maximum Gasteiger partial charge on any atom is 0.329 e. The number of rotatable bonds is 4. The minimum Gasteiger partial charge on any atom is -0.481 e. The highest BCUT2D eigenvalue weighted by atomic mass is 16.4. The summed E-state index contributed by atoms with van der Waals surface area (Å²) in [6.07, 6.45) is -0.480. The van der Waals surface area contributed by atoms with Crippen molar-refractivity contribution in [1.82, 2.24) is 5.32 Å². The molecule has 1 heterocycles. The highest BCUT2D eigenvalue weighted by Gasteiger charge is 2.40. The first-order chi connectivity index (χ1) is 9.88. The van der Waals surface area contributed by atoms with E-state index in [0.29, 0.717) is 5.69 Å². The number of benzene rings is 1. The molecule has 3 N–H and O–H groups in total. The van der Waals surface area contributed by atoms with Gasteiger partial charge in [-0.05, 0) is 18.2 Å². The van der Waals surface area contributed by atoms with Crippen LogP contribution in [0.25, 0.3) is 0 Å². The van der Waals surface area contributed by atoms with Gasteiger partial charge in [-0.25, -0.2) is 9.69 Å². The normalized spacial score (nSPS) is 17.6. The van der Waals surface area contributed by atoms with Crippen LogP contribution in [0.15, 0.2) is 24.3 Å². The number of nitrogens with one attached hydrogen (secondary N) is 2. The Kier molecular flexibility index (Phi) is 3.88. The number of amides is 4. The Hall–Kier alpha value is -2.90. The topological polar surface area (TPSA) is 116 Å². The van der Waals surface area contributed by atoms with Gasteiger partial charge in [0.05, 0.1) is 12.1 Å². The van der Waals surface area contributed by atoms with Crippen molar-refractivity contribution in [2.45, 2.75) is 19.4 Å². The van der Waals surface area contributed by atoms with Crippen LogP contribution >= 0.6 is 0 Å². The molecular formula is C13H13N3O5. The van der Waals surface area contributed by atoms with Crippen LogP contribution in [0.1, 0.15) is 13.3 Å². The minimum atomic E-state index is -1.18. The molecule has 0 saturated carbocycles. The van der Waals surface area contributed by atoms with E-state index in [4.69, 9.17) is 5.11 Å². The number of carboxylic acid groups (broad SMARTS) is 1. The molecule has 1 aromatic rings. The van der Waals surface area contributed by atoms with Crippen molar-refractivity contribution in [2.75, 3.05) is 10.2 Å². The van der Waals surface area contributed by atoms with Gasteiger partial charge < -0.3 is 15.7 Å². The Bertz CT molecular complexity index is 628. The summed E-state index contributed by atoms with van der Waals surface area (Å²) < 4.78 is 0. The fourth-order valence-electron chi connectivity index (χ4n) is 2.01. The van der Waals surface area contributed by atoms with Crippen LogP contribution in [0, 0.1) is 0 Å². The molecule has 1 aliphatic heterocycles. The van der Waals surface area contributed by atoms with Gasteiger partial charge in [0.2, 0.25) is 5.91 Å². The molecule has 0 aliphatic carbocycles. The Morgan fingerprint density at radius 1 is 1.38 bits per heavy atom. The van der Waals surface area contributed by atoms with Gasteiger partial charge >= 0.3 is 12.0 Å². The van der Waals surface area contributed by atoms with E-state index in [1.807, 2.05) is 0 Å². The maximum atomic E-state index is 12.1. The number of carbonyl (C=O) groups is 4. The second kappa shape index (κ2) is 5.61. The predicted molar refractivity (Wildman–Crippen MR) is 72.8 cm³/mol. The Labute approximate surface area is 119 Å². The van der Waals surface area contributed by atoms with E-state index in [2.05, 4.69) is 10.6 Å². The monoisotopic (exact) mass is 291 g/mol. The van der Waals surface area contributed by atoms with Crippen molar-refractivity contribution < 1.29 is 24.3 Å². The number of anilines is 2. The summed E-state index contributed by atoms with van der Waals surface area (Å²) in [7, 11) is 0. The summed E-state index contributed by atoms with van der Waals surface area (Å²) >= 11 is 0. The van der Waals surface area contributed by atoms with Crippen molar-refractivity contribution in [1.29, 1.82) is 0 Å². The number of hydrogen-bond acceptors (Lipinski definition) is 4. The van der Waals surface area contributed by atoms with Gasteiger partial charge in [-0.15, -0.1) is 0 Å². The first kappa shape index (κ1) is 14.5. The third kappa shape index (κ3) is 3.16. The number of aliphatic carboxylic acids is 1. The minimum absolute atomic E-state index is 0.261. The highest BCUT2D eigenvalue weighted by Crippen LogP contribution is 2.23. The molecule has 0 radical (unpaired) electrons. The summed E-state index contributed by atoms with van der Waals surface area (Å²) in [6, 6.07) is 4.39. The maximum absolute atomic E-state index is 12.1. The number of carbonyl (C=O) groups excluding carboxylic acids is 3. The molecule has 1 atom stereocenters. The zero-order valence-electron chi connectivity index (χ0n) is 11.1. The summed E-state index contributed by atoms with van der Waals surface area (Å²) in [5, 5.41) is 13.6. The second-order valence-corrected chi connectivity index (χ2v) is 4.51. The number of imide groups is 1. The molecule has 4 amide bonds. The number of nitrogens with zero attached hydrogens (tertiary/aromatic N) is 1. The third-order valence-corrected chi connectivity index (χ3v) is 2.82. The van der Waals surface area contributed by atoms with Crippen molar-refractivity contribution in [2.24, 2.45) is 0 Å². The van der Waals surface area contributed by atoms with Crippen LogP contribution in [-0.4, -0.2) is 35.0 Å². The molecule has 0 unspecified atom stereocenters. The van der Waals surface area contributed by atoms with Gasteiger partial charge in [0, 0.05) is 12.6 Å². The lowest BCUT2D eigenvalue weighted by Gasteiger charge is -2.14. The smallest absolute Gasteiger partial charge is 0.329 e. The highest BCUT2D eigenvalue weighted by molar-refractivity contribution is 6.22. The van der Waals surface area contributed by atoms with Crippen LogP contribution in [0.2, 0.25) is 0 Å². The summed E-state index contributed by atoms with van der Waals surface area (Å²) in [5.41, 5.74) is 0.693. The molecule has 2 rings (SSSR count). The predicted octanol–water partition coefficient (Wildman–Crippen LogP) is 0.544. The van der Waals surface area contributed by atoms with Gasteiger partial charge in [-0.3, -0.25) is 14.4 Å². The van der Waals surface area contributed by atoms with E-state index in [9.17, 15) is 19.2 Å². The first-order valence-corrected chi connectivity index (χ1v) is 6.12. The van der Waals surface area contributed by atoms with Gasteiger partial charge in [-0.2, -0.15) is 0 Å². The third-order valence-electron chi connectivity index (χ3n) is 2.82. The van der Waals surface area contributed by atoms with Crippen molar-refractivity contribution in [3.05, 3.63) is 24.3 Å². The molecule has 0 aromatic heterocycles. The van der Waals surface area contributed by atoms with Crippen molar-refractivity contribution >= 4 is 35.2 Å².